The summed E-state index contributed by atoms with van der Waals surface area (Å²) in [6.45, 7) is 2.12. The van der Waals surface area contributed by atoms with Gasteiger partial charge in [0.2, 0.25) is 0 Å². The van der Waals surface area contributed by atoms with E-state index in [4.69, 9.17) is 14.5 Å². The summed E-state index contributed by atoms with van der Waals surface area (Å²) in [6.07, 6.45) is 2.98. The molecule has 2 aromatic carbocycles. The average molecular weight is 364 g/mol. The van der Waals surface area contributed by atoms with Crippen molar-refractivity contribution in [3.8, 4) is 22.9 Å². The first-order valence-corrected chi connectivity index (χ1v) is 9.13. The van der Waals surface area contributed by atoms with Crippen molar-refractivity contribution in [2.75, 3.05) is 39.3 Å². The fourth-order valence-electron chi connectivity index (χ4n) is 3.56. The van der Waals surface area contributed by atoms with Gasteiger partial charge in [-0.2, -0.15) is 0 Å². The minimum atomic E-state index is 0.568. The Kier molecular flexibility index (Phi) is 4.81. The topological polar surface area (TPSA) is 59.5 Å². The third-order valence-corrected chi connectivity index (χ3v) is 5.18. The van der Waals surface area contributed by atoms with Crippen molar-refractivity contribution in [2.45, 2.75) is 12.5 Å². The molecule has 1 aromatic heterocycles. The van der Waals surface area contributed by atoms with Crippen LogP contribution in [0.1, 0.15) is 6.42 Å². The molecule has 1 atom stereocenters. The number of ether oxygens (including phenoxy) is 2. The molecule has 1 fully saturated rings. The minimum Gasteiger partial charge on any atom is -0.497 e. The van der Waals surface area contributed by atoms with Crippen LogP contribution < -0.4 is 19.7 Å². The Morgan fingerprint density at radius 2 is 1.93 bits per heavy atom. The van der Waals surface area contributed by atoms with Crippen LogP contribution >= 0.6 is 0 Å². The summed E-state index contributed by atoms with van der Waals surface area (Å²) >= 11 is 0. The number of nitrogens with one attached hydrogen (secondary N) is 1. The van der Waals surface area contributed by atoms with E-state index in [1.807, 2.05) is 25.4 Å². The number of likely N-dealkylation sites (N-methyl/N-ethyl adjacent to an activating group) is 1. The molecule has 140 valence electrons. The van der Waals surface area contributed by atoms with E-state index in [0.717, 1.165) is 29.6 Å². The van der Waals surface area contributed by atoms with E-state index >= 15 is 0 Å². The number of rotatable bonds is 5. The van der Waals surface area contributed by atoms with Gasteiger partial charge in [0.05, 0.1) is 25.1 Å². The third-order valence-electron chi connectivity index (χ3n) is 5.18. The van der Waals surface area contributed by atoms with Gasteiger partial charge in [0.25, 0.3) is 0 Å². The van der Waals surface area contributed by atoms with Crippen LogP contribution in [0.3, 0.4) is 0 Å². The summed E-state index contributed by atoms with van der Waals surface area (Å²) < 4.78 is 10.8. The summed E-state index contributed by atoms with van der Waals surface area (Å²) in [5.74, 6) is 2.12. The molecule has 6 heteroatoms. The second kappa shape index (κ2) is 7.40. The van der Waals surface area contributed by atoms with Gasteiger partial charge in [-0.05, 0) is 37.7 Å². The van der Waals surface area contributed by atoms with E-state index in [9.17, 15) is 0 Å². The first kappa shape index (κ1) is 17.5. The fraction of sp³-hybridized carbons (Fsp3) is 0.333. The van der Waals surface area contributed by atoms with Gasteiger partial charge in [0, 0.05) is 48.7 Å². The number of anilines is 1. The molecule has 0 aliphatic carbocycles. The average Bonchev–Trinajstić information content (AvgIpc) is 3.22. The molecule has 6 nitrogen and oxygen atoms in total. The van der Waals surface area contributed by atoms with Crippen LogP contribution in [-0.2, 0) is 0 Å². The van der Waals surface area contributed by atoms with Crippen LogP contribution in [0.15, 0.2) is 42.6 Å². The largest absolute Gasteiger partial charge is 0.497 e. The lowest BCUT2D eigenvalue weighted by Crippen LogP contribution is -2.29. The Hall–Kier alpha value is -2.86. The maximum atomic E-state index is 5.44. The van der Waals surface area contributed by atoms with Crippen molar-refractivity contribution in [1.29, 1.82) is 0 Å². The van der Waals surface area contributed by atoms with Gasteiger partial charge < -0.3 is 19.7 Å². The van der Waals surface area contributed by atoms with Crippen molar-refractivity contribution < 1.29 is 9.47 Å². The molecule has 2 heterocycles. The number of aromatic nitrogens is 2. The van der Waals surface area contributed by atoms with Gasteiger partial charge in [-0.25, -0.2) is 9.97 Å². The molecule has 1 saturated heterocycles. The van der Waals surface area contributed by atoms with E-state index in [2.05, 4.69) is 39.5 Å². The van der Waals surface area contributed by atoms with Crippen molar-refractivity contribution in [3.05, 3.63) is 42.6 Å². The Balaban J connectivity index is 1.64. The molecule has 1 unspecified atom stereocenters. The molecule has 27 heavy (non-hydrogen) atoms. The van der Waals surface area contributed by atoms with Gasteiger partial charge in [0.15, 0.2) is 5.82 Å². The highest BCUT2D eigenvalue weighted by Crippen LogP contribution is 2.31. The number of nitrogens with zero attached hydrogens (tertiary/aromatic N) is 3. The summed E-state index contributed by atoms with van der Waals surface area (Å²) in [6, 6.07) is 12.8. The number of benzene rings is 2. The van der Waals surface area contributed by atoms with E-state index in [0.29, 0.717) is 23.4 Å². The second-order valence-electron chi connectivity index (χ2n) is 6.72. The van der Waals surface area contributed by atoms with Crippen molar-refractivity contribution in [2.24, 2.45) is 0 Å². The zero-order valence-corrected chi connectivity index (χ0v) is 15.9. The van der Waals surface area contributed by atoms with Crippen LogP contribution in [0.4, 0.5) is 5.69 Å². The summed E-state index contributed by atoms with van der Waals surface area (Å²) in [4.78, 5) is 11.7. The third kappa shape index (κ3) is 3.40. The normalized spacial score (nSPS) is 16.7. The van der Waals surface area contributed by atoms with E-state index in [-0.39, 0.29) is 0 Å². The van der Waals surface area contributed by atoms with Crippen LogP contribution in [-0.4, -0.2) is 50.4 Å². The molecular formula is C21H24N4O2. The number of hydrogen-bond acceptors (Lipinski definition) is 6. The lowest BCUT2D eigenvalue weighted by atomic mass is 10.1. The molecule has 1 aliphatic heterocycles. The highest BCUT2D eigenvalue weighted by molar-refractivity contribution is 5.87. The van der Waals surface area contributed by atoms with Gasteiger partial charge >= 0.3 is 0 Å². The molecule has 3 aromatic rings. The molecule has 4 rings (SSSR count). The molecule has 1 N–H and O–H groups in total. The molecule has 0 radical (unpaired) electrons. The van der Waals surface area contributed by atoms with Crippen LogP contribution in [0, 0.1) is 0 Å². The smallest absolute Gasteiger partial charge is 0.159 e. The standard InChI is InChI=1S/C21H24N4O2/c1-22-15-8-9-25(13-15)16-6-4-14(5-7-16)21-23-12-18-19(24-21)10-17(26-2)11-20(18)27-3/h4-7,10-12,15,22H,8-9,13H2,1-3H3. The van der Waals surface area contributed by atoms with Crippen molar-refractivity contribution in [1.82, 2.24) is 15.3 Å². The fourth-order valence-corrected chi connectivity index (χ4v) is 3.56. The Bertz CT molecular complexity index is 943. The quantitative estimate of drug-likeness (QED) is 0.751. The summed E-state index contributed by atoms with van der Waals surface area (Å²) in [7, 11) is 5.30. The molecular weight excluding hydrogens is 340 g/mol. The monoisotopic (exact) mass is 364 g/mol. The summed E-state index contributed by atoms with van der Waals surface area (Å²) in [5, 5.41) is 4.22. The number of hydrogen-bond donors (Lipinski definition) is 1. The lowest BCUT2D eigenvalue weighted by molar-refractivity contribution is 0.397. The zero-order chi connectivity index (χ0) is 18.8. The molecule has 1 aliphatic rings. The predicted molar refractivity (Wildman–Crippen MR) is 108 cm³/mol. The van der Waals surface area contributed by atoms with E-state index in [1.54, 1.807) is 14.2 Å². The Morgan fingerprint density at radius 3 is 2.59 bits per heavy atom. The maximum absolute atomic E-state index is 5.44. The van der Waals surface area contributed by atoms with E-state index in [1.165, 1.54) is 12.1 Å². The van der Waals surface area contributed by atoms with Gasteiger partial charge in [-0.1, -0.05) is 0 Å². The highest BCUT2D eigenvalue weighted by atomic mass is 16.5. The molecule has 0 spiro atoms. The maximum Gasteiger partial charge on any atom is 0.159 e. The van der Waals surface area contributed by atoms with Crippen LogP contribution in [0.2, 0.25) is 0 Å². The highest BCUT2D eigenvalue weighted by Gasteiger charge is 2.21. The number of fused-ring (bicyclic) bond motifs is 1. The summed E-state index contributed by atoms with van der Waals surface area (Å²) in [5.41, 5.74) is 3.03. The second-order valence-corrected chi connectivity index (χ2v) is 6.72. The molecule has 0 saturated carbocycles. The lowest BCUT2D eigenvalue weighted by Gasteiger charge is -2.18. The Labute approximate surface area is 159 Å². The molecule has 0 amide bonds. The first-order chi connectivity index (χ1) is 13.2. The zero-order valence-electron chi connectivity index (χ0n) is 15.9. The van der Waals surface area contributed by atoms with Gasteiger partial charge in [0.1, 0.15) is 11.5 Å². The van der Waals surface area contributed by atoms with Crippen molar-refractivity contribution in [3.63, 3.8) is 0 Å². The van der Waals surface area contributed by atoms with Crippen LogP contribution in [0.25, 0.3) is 22.3 Å². The van der Waals surface area contributed by atoms with Crippen LogP contribution in [0.5, 0.6) is 11.5 Å². The first-order valence-electron chi connectivity index (χ1n) is 9.13. The molecule has 0 bridgehead atoms. The number of methoxy groups -OCH3 is 2. The van der Waals surface area contributed by atoms with E-state index < -0.39 is 0 Å². The minimum absolute atomic E-state index is 0.568. The SMILES string of the molecule is CNC1CCN(c2ccc(-c3ncc4c(OC)cc(OC)cc4n3)cc2)C1. The van der Waals surface area contributed by atoms with Gasteiger partial charge in [-0.3, -0.25) is 0 Å². The predicted octanol–water partition coefficient (Wildman–Crippen LogP) is 3.11. The van der Waals surface area contributed by atoms with Gasteiger partial charge in [-0.15, -0.1) is 0 Å². The Morgan fingerprint density at radius 1 is 1.11 bits per heavy atom. The van der Waals surface area contributed by atoms with Crippen molar-refractivity contribution >= 4 is 16.6 Å².